The predicted octanol–water partition coefficient (Wildman–Crippen LogP) is 3.41. The lowest BCUT2D eigenvalue weighted by Gasteiger charge is -2.09. The van der Waals surface area contributed by atoms with Crippen molar-refractivity contribution < 1.29 is 4.74 Å². The van der Waals surface area contributed by atoms with Crippen LogP contribution in [0.15, 0.2) is 36.4 Å². The Morgan fingerprint density at radius 2 is 1.26 bits per heavy atom. The average molecular weight is 252 g/mol. The highest BCUT2D eigenvalue weighted by Gasteiger charge is 2.13. The molecule has 4 rings (SSSR count). The first kappa shape index (κ1) is 10.7. The summed E-state index contributed by atoms with van der Waals surface area (Å²) in [7, 11) is 0. The van der Waals surface area contributed by atoms with Crippen LogP contribution in [0.1, 0.15) is 11.1 Å². The topological polar surface area (TPSA) is 33.3 Å². The Kier molecular flexibility index (Phi) is 2.37. The highest BCUT2D eigenvalue weighted by atomic mass is 16.5. The molecule has 0 bridgehead atoms. The maximum atomic E-state index is 5.95. The largest absolute Gasteiger partial charge is 0.457 e. The van der Waals surface area contributed by atoms with Crippen LogP contribution in [-0.4, -0.2) is 13.1 Å². The van der Waals surface area contributed by atoms with Gasteiger partial charge < -0.3 is 15.4 Å². The summed E-state index contributed by atoms with van der Waals surface area (Å²) in [5.41, 5.74) is 5.17. The highest BCUT2D eigenvalue weighted by Crippen LogP contribution is 2.32. The van der Waals surface area contributed by atoms with E-state index in [1.807, 2.05) is 12.1 Å². The monoisotopic (exact) mass is 252 g/mol. The Morgan fingerprint density at radius 3 is 1.79 bits per heavy atom. The van der Waals surface area contributed by atoms with E-state index in [1.165, 1.54) is 22.5 Å². The fraction of sp³-hybridized carbons (Fsp3) is 0.250. The van der Waals surface area contributed by atoms with Gasteiger partial charge in [0.2, 0.25) is 0 Å². The maximum absolute atomic E-state index is 5.95. The molecule has 19 heavy (non-hydrogen) atoms. The number of rotatable bonds is 2. The zero-order chi connectivity index (χ0) is 12.7. The SMILES string of the molecule is c1cc2c(cc1Oc1ccc3c(c1)NCC3)NCC2. The lowest BCUT2D eigenvalue weighted by atomic mass is 10.1. The van der Waals surface area contributed by atoms with Crippen LogP contribution >= 0.6 is 0 Å². The van der Waals surface area contributed by atoms with Gasteiger partial charge in [-0.05, 0) is 36.1 Å². The minimum absolute atomic E-state index is 0.895. The molecule has 0 spiro atoms. The molecule has 0 amide bonds. The first-order chi connectivity index (χ1) is 9.38. The van der Waals surface area contributed by atoms with Gasteiger partial charge >= 0.3 is 0 Å². The molecule has 96 valence electrons. The zero-order valence-electron chi connectivity index (χ0n) is 10.7. The quantitative estimate of drug-likeness (QED) is 0.859. The van der Waals surface area contributed by atoms with E-state index in [9.17, 15) is 0 Å². The van der Waals surface area contributed by atoms with Crippen molar-refractivity contribution in [1.29, 1.82) is 0 Å². The van der Waals surface area contributed by atoms with Gasteiger partial charge in [0.25, 0.3) is 0 Å². The van der Waals surface area contributed by atoms with Crippen molar-refractivity contribution >= 4 is 11.4 Å². The molecule has 0 aromatic heterocycles. The molecular formula is C16H16N2O. The minimum Gasteiger partial charge on any atom is -0.457 e. The van der Waals surface area contributed by atoms with Crippen LogP contribution in [0.5, 0.6) is 11.5 Å². The van der Waals surface area contributed by atoms with Crippen molar-refractivity contribution in [2.24, 2.45) is 0 Å². The van der Waals surface area contributed by atoms with Gasteiger partial charge in [-0.15, -0.1) is 0 Å². The van der Waals surface area contributed by atoms with Gasteiger partial charge in [0.15, 0.2) is 0 Å². The van der Waals surface area contributed by atoms with Gasteiger partial charge in [-0.3, -0.25) is 0 Å². The van der Waals surface area contributed by atoms with E-state index >= 15 is 0 Å². The van der Waals surface area contributed by atoms with Gasteiger partial charge in [0.05, 0.1) is 0 Å². The van der Waals surface area contributed by atoms with Crippen molar-refractivity contribution in [3.05, 3.63) is 47.5 Å². The van der Waals surface area contributed by atoms with Crippen LogP contribution < -0.4 is 15.4 Å². The Hall–Kier alpha value is -2.16. The van der Waals surface area contributed by atoms with E-state index in [4.69, 9.17) is 4.74 Å². The van der Waals surface area contributed by atoms with Crippen LogP contribution in [0.3, 0.4) is 0 Å². The van der Waals surface area contributed by atoms with Gasteiger partial charge in [-0.1, -0.05) is 12.1 Å². The van der Waals surface area contributed by atoms with Crippen molar-refractivity contribution in [3.63, 3.8) is 0 Å². The van der Waals surface area contributed by atoms with Crippen LogP contribution in [0, 0.1) is 0 Å². The van der Waals surface area contributed by atoms with Crippen molar-refractivity contribution in [3.8, 4) is 11.5 Å². The number of benzene rings is 2. The van der Waals surface area contributed by atoms with Crippen LogP contribution in [0.4, 0.5) is 11.4 Å². The molecule has 0 saturated heterocycles. The molecule has 0 fully saturated rings. The third-order valence-electron chi connectivity index (χ3n) is 3.82. The van der Waals surface area contributed by atoms with Gasteiger partial charge in [-0.2, -0.15) is 0 Å². The van der Waals surface area contributed by atoms with Crippen molar-refractivity contribution in [2.75, 3.05) is 23.7 Å². The molecule has 2 aliphatic rings. The summed E-state index contributed by atoms with van der Waals surface area (Å²) in [4.78, 5) is 0. The summed E-state index contributed by atoms with van der Waals surface area (Å²) >= 11 is 0. The molecule has 2 aliphatic heterocycles. The Balaban J connectivity index is 1.61. The van der Waals surface area contributed by atoms with Crippen molar-refractivity contribution in [2.45, 2.75) is 12.8 Å². The van der Waals surface area contributed by atoms with Gasteiger partial charge in [0, 0.05) is 36.6 Å². The second-order valence-corrected chi connectivity index (χ2v) is 5.09. The average Bonchev–Trinajstić information content (AvgIpc) is 3.05. The summed E-state index contributed by atoms with van der Waals surface area (Å²) in [5, 5.41) is 6.75. The van der Waals surface area contributed by atoms with E-state index in [-0.39, 0.29) is 0 Å². The molecule has 2 N–H and O–H groups in total. The first-order valence-corrected chi connectivity index (χ1v) is 6.80. The molecule has 0 unspecified atom stereocenters. The number of hydrogen-bond acceptors (Lipinski definition) is 3. The second kappa shape index (κ2) is 4.19. The Labute approximate surface area is 112 Å². The fourth-order valence-electron chi connectivity index (χ4n) is 2.80. The van der Waals surface area contributed by atoms with Gasteiger partial charge in [-0.25, -0.2) is 0 Å². The van der Waals surface area contributed by atoms with E-state index in [1.54, 1.807) is 0 Å². The standard InChI is InChI=1S/C16H16N2O/c1-3-13(9-15-11(1)5-7-17-15)19-14-4-2-12-6-8-18-16(12)10-14/h1-4,9-10,17-18H,5-8H2. The molecular weight excluding hydrogens is 236 g/mol. The number of fused-ring (bicyclic) bond motifs is 2. The van der Waals surface area contributed by atoms with E-state index < -0.39 is 0 Å². The smallest absolute Gasteiger partial charge is 0.129 e. The summed E-state index contributed by atoms with van der Waals surface area (Å²) in [6.45, 7) is 2.06. The summed E-state index contributed by atoms with van der Waals surface area (Å²) in [5.74, 6) is 1.79. The predicted molar refractivity (Wildman–Crippen MR) is 77.3 cm³/mol. The third-order valence-corrected chi connectivity index (χ3v) is 3.82. The summed E-state index contributed by atoms with van der Waals surface area (Å²) < 4.78 is 5.95. The van der Waals surface area contributed by atoms with Gasteiger partial charge in [0.1, 0.15) is 11.5 Å². The molecule has 0 saturated carbocycles. The van der Waals surface area contributed by atoms with E-state index in [2.05, 4.69) is 34.9 Å². The fourth-order valence-corrected chi connectivity index (χ4v) is 2.80. The number of nitrogens with one attached hydrogen (secondary N) is 2. The second-order valence-electron chi connectivity index (χ2n) is 5.09. The molecule has 2 aromatic rings. The van der Waals surface area contributed by atoms with Crippen LogP contribution in [0.2, 0.25) is 0 Å². The highest BCUT2D eigenvalue weighted by molar-refractivity contribution is 5.61. The number of hydrogen-bond donors (Lipinski definition) is 2. The molecule has 0 radical (unpaired) electrons. The first-order valence-electron chi connectivity index (χ1n) is 6.80. The molecule has 2 heterocycles. The summed E-state index contributed by atoms with van der Waals surface area (Å²) in [6.07, 6.45) is 2.22. The molecule has 0 aliphatic carbocycles. The lowest BCUT2D eigenvalue weighted by Crippen LogP contribution is -1.92. The van der Waals surface area contributed by atoms with E-state index in [0.717, 1.165) is 37.4 Å². The number of anilines is 2. The normalized spacial score (nSPS) is 15.4. The van der Waals surface area contributed by atoms with Crippen molar-refractivity contribution in [1.82, 2.24) is 0 Å². The molecule has 3 nitrogen and oxygen atoms in total. The van der Waals surface area contributed by atoms with Crippen LogP contribution in [-0.2, 0) is 12.8 Å². The maximum Gasteiger partial charge on any atom is 0.129 e. The zero-order valence-corrected chi connectivity index (χ0v) is 10.7. The Morgan fingerprint density at radius 1 is 0.737 bits per heavy atom. The van der Waals surface area contributed by atoms with Crippen LogP contribution in [0.25, 0.3) is 0 Å². The molecule has 3 heteroatoms. The minimum atomic E-state index is 0.895. The molecule has 2 aromatic carbocycles. The molecule has 0 atom stereocenters. The lowest BCUT2D eigenvalue weighted by molar-refractivity contribution is 0.483. The Bertz CT molecular complexity index is 581. The number of ether oxygens (including phenoxy) is 1. The summed E-state index contributed by atoms with van der Waals surface area (Å²) in [6, 6.07) is 12.6. The van der Waals surface area contributed by atoms with E-state index in [0.29, 0.717) is 0 Å². The third kappa shape index (κ3) is 1.91.